The Bertz CT molecular complexity index is 426. The highest BCUT2D eigenvalue weighted by molar-refractivity contribution is 6.00. The van der Waals surface area contributed by atoms with Crippen molar-refractivity contribution in [2.75, 3.05) is 0 Å². The van der Waals surface area contributed by atoms with E-state index in [1.807, 2.05) is 30.3 Å². The van der Waals surface area contributed by atoms with Crippen molar-refractivity contribution in [2.45, 2.75) is 39.7 Å². The van der Waals surface area contributed by atoms with Gasteiger partial charge in [-0.3, -0.25) is 0 Å². The molecule has 0 radical (unpaired) electrons. The first kappa shape index (κ1) is 15.2. The van der Waals surface area contributed by atoms with Crippen molar-refractivity contribution >= 4 is 11.7 Å². The standard InChI is InChI=1S/C15H21NO3/c1-11(2)9-10-14(13-7-5-4-6-8-13)16-19-12(3)15(17)18/h4-8,11-12H,9-10H2,1-3H3,(H,17,18)/b16-14+. The Labute approximate surface area is 114 Å². The molecule has 0 heterocycles. The molecule has 1 aromatic rings. The predicted molar refractivity (Wildman–Crippen MR) is 75.2 cm³/mol. The molecule has 0 fully saturated rings. The highest BCUT2D eigenvalue weighted by atomic mass is 16.6. The van der Waals surface area contributed by atoms with Crippen molar-refractivity contribution in [3.05, 3.63) is 35.9 Å². The molecule has 1 unspecified atom stereocenters. The monoisotopic (exact) mass is 263 g/mol. The molecule has 1 rings (SSSR count). The molecule has 104 valence electrons. The average Bonchev–Trinajstić information content (AvgIpc) is 2.39. The van der Waals surface area contributed by atoms with Gasteiger partial charge in [0.2, 0.25) is 6.10 Å². The number of carbonyl (C=O) groups is 1. The van der Waals surface area contributed by atoms with Crippen LogP contribution in [0.1, 0.15) is 39.2 Å². The van der Waals surface area contributed by atoms with Gasteiger partial charge in [0.05, 0.1) is 5.71 Å². The molecule has 19 heavy (non-hydrogen) atoms. The van der Waals surface area contributed by atoms with Crippen LogP contribution in [0.2, 0.25) is 0 Å². The van der Waals surface area contributed by atoms with Crippen LogP contribution in [0.3, 0.4) is 0 Å². The second kappa shape index (κ2) is 7.56. The van der Waals surface area contributed by atoms with Gasteiger partial charge in [0, 0.05) is 0 Å². The lowest BCUT2D eigenvalue weighted by Crippen LogP contribution is -2.18. The van der Waals surface area contributed by atoms with Gasteiger partial charge in [0.15, 0.2) is 0 Å². The summed E-state index contributed by atoms with van der Waals surface area (Å²) in [4.78, 5) is 15.8. The fourth-order valence-electron chi connectivity index (χ4n) is 1.49. The van der Waals surface area contributed by atoms with Crippen molar-refractivity contribution in [1.82, 2.24) is 0 Å². The third kappa shape index (κ3) is 5.55. The van der Waals surface area contributed by atoms with Gasteiger partial charge in [0.25, 0.3) is 0 Å². The Morgan fingerprint density at radius 1 is 1.26 bits per heavy atom. The maximum Gasteiger partial charge on any atom is 0.347 e. The molecule has 0 spiro atoms. The van der Waals surface area contributed by atoms with Crippen LogP contribution in [0.4, 0.5) is 0 Å². The molecule has 0 aliphatic rings. The van der Waals surface area contributed by atoms with Gasteiger partial charge in [-0.25, -0.2) is 4.79 Å². The third-order valence-corrected chi connectivity index (χ3v) is 2.73. The maximum atomic E-state index is 10.7. The van der Waals surface area contributed by atoms with E-state index in [-0.39, 0.29) is 0 Å². The minimum atomic E-state index is -1.01. The van der Waals surface area contributed by atoms with Gasteiger partial charge in [-0.2, -0.15) is 0 Å². The summed E-state index contributed by atoms with van der Waals surface area (Å²) in [5, 5.41) is 12.8. The van der Waals surface area contributed by atoms with E-state index < -0.39 is 12.1 Å². The van der Waals surface area contributed by atoms with Gasteiger partial charge in [-0.05, 0) is 31.2 Å². The lowest BCUT2D eigenvalue weighted by molar-refractivity contribution is -0.149. The SMILES string of the molecule is CC(C)CC/C(=N\OC(C)C(=O)O)c1ccccc1. The summed E-state index contributed by atoms with van der Waals surface area (Å²) in [5.41, 5.74) is 1.77. The van der Waals surface area contributed by atoms with E-state index in [4.69, 9.17) is 9.94 Å². The van der Waals surface area contributed by atoms with Crippen molar-refractivity contribution in [3.63, 3.8) is 0 Å². The molecule has 0 aromatic heterocycles. The number of carboxylic acid groups (broad SMARTS) is 1. The summed E-state index contributed by atoms with van der Waals surface area (Å²) in [5.74, 6) is -0.453. The van der Waals surface area contributed by atoms with Crippen LogP contribution < -0.4 is 0 Å². The van der Waals surface area contributed by atoms with E-state index in [0.717, 1.165) is 24.1 Å². The average molecular weight is 263 g/mol. The third-order valence-electron chi connectivity index (χ3n) is 2.73. The Balaban J connectivity index is 2.80. The first-order chi connectivity index (χ1) is 9.00. The first-order valence-corrected chi connectivity index (χ1v) is 6.51. The molecular formula is C15H21NO3. The summed E-state index contributed by atoms with van der Waals surface area (Å²) in [6, 6.07) is 9.70. The van der Waals surface area contributed by atoms with E-state index >= 15 is 0 Å². The van der Waals surface area contributed by atoms with Crippen molar-refractivity contribution < 1.29 is 14.7 Å². The van der Waals surface area contributed by atoms with Crippen LogP contribution in [-0.4, -0.2) is 22.9 Å². The molecule has 0 saturated carbocycles. The van der Waals surface area contributed by atoms with Crippen molar-refractivity contribution in [2.24, 2.45) is 11.1 Å². The fraction of sp³-hybridized carbons (Fsp3) is 0.467. The zero-order valence-electron chi connectivity index (χ0n) is 11.7. The van der Waals surface area contributed by atoms with E-state index in [0.29, 0.717) is 5.92 Å². The number of hydrogen-bond acceptors (Lipinski definition) is 3. The largest absolute Gasteiger partial charge is 0.478 e. The van der Waals surface area contributed by atoms with E-state index in [9.17, 15) is 4.79 Å². The van der Waals surface area contributed by atoms with Gasteiger partial charge < -0.3 is 9.94 Å². The molecule has 0 amide bonds. The molecule has 4 heteroatoms. The summed E-state index contributed by atoms with van der Waals surface area (Å²) in [6.07, 6.45) is 0.824. The summed E-state index contributed by atoms with van der Waals surface area (Å²) < 4.78 is 0. The predicted octanol–water partition coefficient (Wildman–Crippen LogP) is 3.32. The Morgan fingerprint density at radius 2 is 1.89 bits per heavy atom. The maximum absolute atomic E-state index is 10.7. The molecular weight excluding hydrogens is 242 g/mol. The summed E-state index contributed by atoms with van der Waals surface area (Å²) >= 11 is 0. The van der Waals surface area contributed by atoms with Gasteiger partial charge >= 0.3 is 5.97 Å². The van der Waals surface area contributed by atoms with Crippen LogP contribution in [-0.2, 0) is 9.63 Å². The number of aliphatic carboxylic acids is 1. The van der Waals surface area contributed by atoms with E-state index in [1.54, 1.807) is 0 Å². The molecule has 0 saturated heterocycles. The van der Waals surface area contributed by atoms with Crippen LogP contribution in [0.5, 0.6) is 0 Å². The minimum absolute atomic E-state index is 0.561. The van der Waals surface area contributed by atoms with Gasteiger partial charge in [0.1, 0.15) is 0 Å². The number of rotatable bonds is 7. The zero-order valence-corrected chi connectivity index (χ0v) is 11.7. The highest BCUT2D eigenvalue weighted by Gasteiger charge is 2.13. The van der Waals surface area contributed by atoms with Crippen LogP contribution in [0.15, 0.2) is 35.5 Å². The first-order valence-electron chi connectivity index (χ1n) is 6.51. The number of benzene rings is 1. The molecule has 0 aliphatic heterocycles. The van der Waals surface area contributed by atoms with Crippen LogP contribution in [0.25, 0.3) is 0 Å². The molecule has 0 aliphatic carbocycles. The van der Waals surface area contributed by atoms with Crippen molar-refractivity contribution in [1.29, 1.82) is 0 Å². The lowest BCUT2D eigenvalue weighted by atomic mass is 10.0. The summed E-state index contributed by atoms with van der Waals surface area (Å²) in [7, 11) is 0. The number of nitrogens with zero attached hydrogens (tertiary/aromatic N) is 1. The quantitative estimate of drug-likeness (QED) is 0.606. The molecule has 1 N–H and O–H groups in total. The van der Waals surface area contributed by atoms with Crippen molar-refractivity contribution in [3.8, 4) is 0 Å². The molecule has 0 bridgehead atoms. The number of carboxylic acids is 1. The van der Waals surface area contributed by atoms with Gasteiger partial charge in [-0.15, -0.1) is 0 Å². The second-order valence-corrected chi connectivity index (χ2v) is 4.92. The Hall–Kier alpha value is -1.84. The Kier molecular flexibility index (Phi) is 6.06. The molecule has 1 atom stereocenters. The van der Waals surface area contributed by atoms with E-state index in [2.05, 4.69) is 19.0 Å². The smallest absolute Gasteiger partial charge is 0.347 e. The Morgan fingerprint density at radius 3 is 2.42 bits per heavy atom. The van der Waals surface area contributed by atoms with E-state index in [1.165, 1.54) is 6.92 Å². The number of hydrogen-bond donors (Lipinski definition) is 1. The van der Waals surface area contributed by atoms with Gasteiger partial charge in [-0.1, -0.05) is 49.3 Å². The fourth-order valence-corrected chi connectivity index (χ4v) is 1.49. The van der Waals surface area contributed by atoms with Crippen LogP contribution in [0, 0.1) is 5.92 Å². The summed E-state index contributed by atoms with van der Waals surface area (Å²) in [6.45, 7) is 5.75. The molecule has 4 nitrogen and oxygen atoms in total. The normalized spacial score (nSPS) is 13.4. The highest BCUT2D eigenvalue weighted by Crippen LogP contribution is 2.12. The zero-order chi connectivity index (χ0) is 14.3. The topological polar surface area (TPSA) is 58.9 Å². The van der Waals surface area contributed by atoms with Crippen LogP contribution >= 0.6 is 0 Å². The molecule has 1 aromatic carbocycles. The number of oxime groups is 1. The second-order valence-electron chi connectivity index (χ2n) is 4.92. The lowest BCUT2D eigenvalue weighted by Gasteiger charge is -2.10. The minimum Gasteiger partial charge on any atom is -0.478 e.